The number of rotatable bonds is 2. The third-order valence-electron chi connectivity index (χ3n) is 2.25. The topological polar surface area (TPSA) is 69.6 Å². The van der Waals surface area contributed by atoms with E-state index in [0.717, 1.165) is 5.56 Å². The first-order valence-corrected chi connectivity index (χ1v) is 4.75. The quantitative estimate of drug-likeness (QED) is 0.648. The Hall–Kier alpha value is -1.71. The van der Waals surface area contributed by atoms with E-state index in [4.69, 9.17) is 0 Å². The van der Waals surface area contributed by atoms with Crippen LogP contribution in [0.3, 0.4) is 0 Å². The molecule has 82 valence electrons. The molecule has 4 heteroatoms. The number of carbonyl (C=O) groups is 1. The Balaban J connectivity index is 3.31. The number of phenolic OH excluding ortho intramolecular Hbond substituents is 2. The molecule has 1 aromatic carbocycles. The number of carbonyl (C=O) groups excluding carboxylic acids is 1. The lowest BCUT2D eigenvalue weighted by atomic mass is 9.99. The van der Waals surface area contributed by atoms with E-state index in [1.165, 1.54) is 13.1 Å². The molecule has 1 aromatic rings. The number of hydrogen-bond donors (Lipinski definition) is 3. The van der Waals surface area contributed by atoms with Crippen molar-refractivity contribution in [3.63, 3.8) is 0 Å². The second-order valence-electron chi connectivity index (χ2n) is 3.67. The number of nitrogens with one attached hydrogen (secondary N) is 1. The second-order valence-corrected chi connectivity index (χ2v) is 3.67. The Morgan fingerprint density at radius 3 is 2.40 bits per heavy atom. The molecule has 0 unspecified atom stereocenters. The molecule has 1 rings (SSSR count). The molecule has 0 aromatic heterocycles. The number of amides is 1. The summed E-state index contributed by atoms with van der Waals surface area (Å²) in [4.78, 5) is 11.4. The van der Waals surface area contributed by atoms with Crippen LogP contribution in [-0.4, -0.2) is 23.2 Å². The van der Waals surface area contributed by atoms with Crippen molar-refractivity contribution in [3.8, 4) is 11.5 Å². The van der Waals surface area contributed by atoms with E-state index in [1.807, 2.05) is 13.8 Å². The Morgan fingerprint density at radius 2 is 1.93 bits per heavy atom. The molecule has 0 spiro atoms. The van der Waals surface area contributed by atoms with Gasteiger partial charge in [0.1, 0.15) is 0 Å². The molecule has 0 aliphatic heterocycles. The van der Waals surface area contributed by atoms with Crippen LogP contribution >= 0.6 is 0 Å². The van der Waals surface area contributed by atoms with Gasteiger partial charge in [-0.25, -0.2) is 0 Å². The summed E-state index contributed by atoms with van der Waals surface area (Å²) in [6.07, 6.45) is 0. The summed E-state index contributed by atoms with van der Waals surface area (Å²) in [7, 11) is 1.47. The smallest absolute Gasteiger partial charge is 0.254 e. The largest absolute Gasteiger partial charge is 0.504 e. The Morgan fingerprint density at radius 1 is 1.33 bits per heavy atom. The minimum atomic E-state index is -0.412. The summed E-state index contributed by atoms with van der Waals surface area (Å²) < 4.78 is 0. The fourth-order valence-corrected chi connectivity index (χ4v) is 1.28. The second kappa shape index (κ2) is 4.21. The van der Waals surface area contributed by atoms with E-state index in [1.54, 1.807) is 6.07 Å². The Labute approximate surface area is 88.6 Å². The predicted molar refractivity (Wildman–Crippen MR) is 57.3 cm³/mol. The monoisotopic (exact) mass is 209 g/mol. The lowest BCUT2D eigenvalue weighted by molar-refractivity contribution is 0.0959. The van der Waals surface area contributed by atoms with E-state index in [2.05, 4.69) is 5.32 Å². The predicted octanol–water partition coefficient (Wildman–Crippen LogP) is 1.58. The van der Waals surface area contributed by atoms with Crippen LogP contribution in [0.15, 0.2) is 12.1 Å². The summed E-state index contributed by atoms with van der Waals surface area (Å²) in [5, 5.41) is 21.3. The molecule has 0 saturated heterocycles. The SMILES string of the molecule is CNC(=O)c1cc(C(C)C)cc(O)c1O. The van der Waals surface area contributed by atoms with Crippen molar-refractivity contribution in [3.05, 3.63) is 23.3 Å². The van der Waals surface area contributed by atoms with E-state index in [0.29, 0.717) is 0 Å². The van der Waals surface area contributed by atoms with Gasteiger partial charge in [0.25, 0.3) is 5.91 Å². The highest BCUT2D eigenvalue weighted by atomic mass is 16.3. The summed E-state index contributed by atoms with van der Waals surface area (Å²) in [6, 6.07) is 3.05. The molecule has 0 heterocycles. The molecule has 0 radical (unpaired) electrons. The zero-order valence-electron chi connectivity index (χ0n) is 9.03. The third-order valence-corrected chi connectivity index (χ3v) is 2.25. The van der Waals surface area contributed by atoms with E-state index < -0.39 is 5.91 Å². The third kappa shape index (κ3) is 2.21. The fourth-order valence-electron chi connectivity index (χ4n) is 1.28. The van der Waals surface area contributed by atoms with Crippen molar-refractivity contribution in [1.29, 1.82) is 0 Å². The number of aromatic hydroxyl groups is 2. The van der Waals surface area contributed by atoms with Crippen LogP contribution in [0.2, 0.25) is 0 Å². The molecule has 0 bridgehead atoms. The average molecular weight is 209 g/mol. The fraction of sp³-hybridized carbons (Fsp3) is 0.364. The highest BCUT2D eigenvalue weighted by molar-refractivity contribution is 5.97. The molecule has 0 aliphatic rings. The Bertz CT molecular complexity index is 386. The molecular formula is C11H15NO3. The van der Waals surface area contributed by atoms with Crippen LogP contribution in [0.5, 0.6) is 11.5 Å². The van der Waals surface area contributed by atoms with Gasteiger partial charge in [-0.05, 0) is 23.6 Å². The normalized spacial score (nSPS) is 10.4. The molecule has 0 saturated carbocycles. The summed E-state index contributed by atoms with van der Waals surface area (Å²) in [5.74, 6) is -0.872. The van der Waals surface area contributed by atoms with Crippen LogP contribution in [0.25, 0.3) is 0 Å². The molecule has 0 fully saturated rings. The van der Waals surface area contributed by atoms with Gasteiger partial charge in [0.15, 0.2) is 11.5 Å². The number of hydrogen-bond acceptors (Lipinski definition) is 3. The van der Waals surface area contributed by atoms with Crippen molar-refractivity contribution in [2.45, 2.75) is 19.8 Å². The van der Waals surface area contributed by atoms with Crippen molar-refractivity contribution in [2.75, 3.05) is 7.05 Å². The molecule has 0 atom stereocenters. The summed E-state index contributed by atoms with van der Waals surface area (Å²) >= 11 is 0. The summed E-state index contributed by atoms with van der Waals surface area (Å²) in [6.45, 7) is 3.89. The van der Waals surface area contributed by atoms with E-state index in [-0.39, 0.29) is 23.0 Å². The minimum Gasteiger partial charge on any atom is -0.504 e. The van der Waals surface area contributed by atoms with E-state index in [9.17, 15) is 15.0 Å². The van der Waals surface area contributed by atoms with Crippen molar-refractivity contribution < 1.29 is 15.0 Å². The highest BCUT2D eigenvalue weighted by Gasteiger charge is 2.15. The van der Waals surface area contributed by atoms with E-state index >= 15 is 0 Å². The van der Waals surface area contributed by atoms with Crippen molar-refractivity contribution in [1.82, 2.24) is 5.32 Å². The Kier molecular flexibility index (Phi) is 3.19. The maximum atomic E-state index is 11.4. The number of phenols is 2. The lowest BCUT2D eigenvalue weighted by Crippen LogP contribution is -2.18. The molecule has 15 heavy (non-hydrogen) atoms. The van der Waals surface area contributed by atoms with Crippen LogP contribution in [0, 0.1) is 0 Å². The van der Waals surface area contributed by atoms with Gasteiger partial charge in [-0.1, -0.05) is 13.8 Å². The average Bonchev–Trinajstić information content (AvgIpc) is 2.20. The number of benzene rings is 1. The van der Waals surface area contributed by atoms with Gasteiger partial charge in [0, 0.05) is 7.05 Å². The highest BCUT2D eigenvalue weighted by Crippen LogP contribution is 2.32. The zero-order chi connectivity index (χ0) is 11.6. The molecule has 3 N–H and O–H groups in total. The summed E-state index contributed by atoms with van der Waals surface area (Å²) in [5.41, 5.74) is 0.908. The van der Waals surface area contributed by atoms with Gasteiger partial charge in [0.2, 0.25) is 0 Å². The maximum absolute atomic E-state index is 11.4. The van der Waals surface area contributed by atoms with Crippen molar-refractivity contribution >= 4 is 5.91 Å². The molecule has 1 amide bonds. The standard InChI is InChI=1S/C11H15NO3/c1-6(2)7-4-8(11(15)12-3)10(14)9(13)5-7/h4-6,13-14H,1-3H3,(H,12,15). The molecule has 4 nitrogen and oxygen atoms in total. The molecule has 0 aliphatic carbocycles. The first-order valence-electron chi connectivity index (χ1n) is 4.75. The van der Waals surface area contributed by atoms with Crippen LogP contribution in [0.1, 0.15) is 35.7 Å². The lowest BCUT2D eigenvalue weighted by Gasteiger charge is -2.10. The van der Waals surface area contributed by atoms with Crippen LogP contribution in [0.4, 0.5) is 0 Å². The van der Waals surface area contributed by atoms with Crippen molar-refractivity contribution in [2.24, 2.45) is 0 Å². The van der Waals surface area contributed by atoms with Crippen LogP contribution in [-0.2, 0) is 0 Å². The zero-order valence-corrected chi connectivity index (χ0v) is 9.03. The van der Waals surface area contributed by atoms with Crippen LogP contribution < -0.4 is 5.32 Å². The first-order chi connectivity index (χ1) is 6.97. The van der Waals surface area contributed by atoms with Gasteiger partial charge in [-0.2, -0.15) is 0 Å². The van der Waals surface area contributed by atoms with Gasteiger partial charge in [-0.3, -0.25) is 4.79 Å². The maximum Gasteiger partial charge on any atom is 0.254 e. The molecular weight excluding hydrogens is 194 g/mol. The van der Waals surface area contributed by atoms with Gasteiger partial charge in [-0.15, -0.1) is 0 Å². The first kappa shape index (κ1) is 11.4. The van der Waals surface area contributed by atoms with Gasteiger partial charge >= 0.3 is 0 Å². The van der Waals surface area contributed by atoms with Gasteiger partial charge in [0.05, 0.1) is 5.56 Å². The van der Waals surface area contributed by atoms with Gasteiger partial charge < -0.3 is 15.5 Å². The minimum absolute atomic E-state index is 0.0983.